The zero-order valence-electron chi connectivity index (χ0n) is 16.7. The second-order valence-corrected chi connectivity index (χ2v) is 9.77. The first-order chi connectivity index (χ1) is 14.3. The molecule has 3 rings (SSSR count). The second kappa shape index (κ2) is 9.54. The van der Waals surface area contributed by atoms with Gasteiger partial charge < -0.3 is 15.4 Å². The van der Waals surface area contributed by atoms with Crippen molar-refractivity contribution in [1.82, 2.24) is 14.6 Å². The van der Waals surface area contributed by atoms with Gasteiger partial charge in [0, 0.05) is 24.7 Å². The molecule has 1 aromatic heterocycles. The number of thiazole rings is 1. The number of nitrogens with one attached hydrogen (secondary N) is 2. The average Bonchev–Trinajstić information content (AvgIpc) is 3.26. The van der Waals surface area contributed by atoms with Gasteiger partial charge in [-0.1, -0.05) is 0 Å². The van der Waals surface area contributed by atoms with E-state index in [9.17, 15) is 18.0 Å². The maximum atomic E-state index is 12.9. The van der Waals surface area contributed by atoms with Crippen molar-refractivity contribution in [2.75, 3.05) is 25.5 Å². The van der Waals surface area contributed by atoms with Gasteiger partial charge in [-0.3, -0.25) is 9.59 Å². The van der Waals surface area contributed by atoms with Crippen LogP contribution in [0.5, 0.6) is 5.75 Å². The number of hydrogen-bond donors (Lipinski definition) is 2. The zero-order chi connectivity index (χ0) is 21.7. The molecule has 0 saturated carbocycles. The first kappa shape index (κ1) is 22.2. The van der Waals surface area contributed by atoms with Crippen LogP contribution >= 0.6 is 11.3 Å². The van der Waals surface area contributed by atoms with Crippen LogP contribution in [0.3, 0.4) is 0 Å². The molecule has 2 N–H and O–H groups in total. The number of aromatic nitrogens is 1. The summed E-state index contributed by atoms with van der Waals surface area (Å²) in [6, 6.07) is 5.38. The van der Waals surface area contributed by atoms with Gasteiger partial charge in [-0.15, -0.1) is 11.3 Å². The van der Waals surface area contributed by atoms with Gasteiger partial charge in [-0.05, 0) is 44.0 Å². The summed E-state index contributed by atoms with van der Waals surface area (Å²) in [4.78, 5) is 29.0. The lowest BCUT2D eigenvalue weighted by molar-refractivity contribution is -0.129. The highest BCUT2D eigenvalue weighted by Gasteiger charge is 2.34. The number of hydrogen-bond acceptors (Lipinski definition) is 7. The SMILES string of the molecule is COc1ccc(S(=O)(=O)N2CCC[C@@H](C(=O)N[C@@H](C)C(=O)Nc3nccs3)C2)cc1. The third kappa shape index (κ3) is 5.15. The van der Waals surface area contributed by atoms with Crippen LogP contribution in [0.25, 0.3) is 0 Å². The Morgan fingerprint density at radius 2 is 2.03 bits per heavy atom. The van der Waals surface area contributed by atoms with Crippen LogP contribution < -0.4 is 15.4 Å². The van der Waals surface area contributed by atoms with Crippen LogP contribution in [-0.2, 0) is 19.6 Å². The van der Waals surface area contributed by atoms with Gasteiger partial charge in [0.15, 0.2) is 5.13 Å². The van der Waals surface area contributed by atoms with Crippen molar-refractivity contribution >= 4 is 38.3 Å². The van der Waals surface area contributed by atoms with Crippen LogP contribution in [0.4, 0.5) is 5.13 Å². The van der Waals surface area contributed by atoms with Crippen LogP contribution in [-0.4, -0.2) is 55.8 Å². The fourth-order valence-electron chi connectivity index (χ4n) is 3.17. The Labute approximate surface area is 179 Å². The molecule has 1 aliphatic heterocycles. The van der Waals surface area contributed by atoms with Gasteiger partial charge in [0.25, 0.3) is 0 Å². The van der Waals surface area contributed by atoms with E-state index in [1.54, 1.807) is 30.6 Å². The summed E-state index contributed by atoms with van der Waals surface area (Å²) in [5, 5.41) is 7.50. The van der Waals surface area contributed by atoms with Gasteiger partial charge in [0.05, 0.1) is 17.9 Å². The van der Waals surface area contributed by atoms with E-state index in [4.69, 9.17) is 4.74 Å². The Kier molecular flexibility index (Phi) is 7.06. The summed E-state index contributed by atoms with van der Waals surface area (Å²) < 4.78 is 32.3. The summed E-state index contributed by atoms with van der Waals surface area (Å²) in [5.74, 6) is -0.681. The molecular formula is C19H24N4O5S2. The van der Waals surface area contributed by atoms with Crippen LogP contribution in [0.15, 0.2) is 40.7 Å². The lowest BCUT2D eigenvalue weighted by Gasteiger charge is -2.31. The van der Waals surface area contributed by atoms with Crippen molar-refractivity contribution in [3.8, 4) is 5.75 Å². The molecule has 30 heavy (non-hydrogen) atoms. The van der Waals surface area contributed by atoms with Crippen molar-refractivity contribution in [2.45, 2.75) is 30.7 Å². The number of amides is 2. The van der Waals surface area contributed by atoms with Crippen LogP contribution in [0, 0.1) is 5.92 Å². The summed E-state index contributed by atoms with van der Waals surface area (Å²) in [6.45, 7) is 1.99. The molecule has 0 aliphatic carbocycles. The molecule has 0 unspecified atom stereocenters. The molecule has 0 bridgehead atoms. The number of piperidine rings is 1. The van der Waals surface area contributed by atoms with Gasteiger partial charge in [-0.25, -0.2) is 13.4 Å². The van der Waals surface area contributed by atoms with Crippen molar-refractivity contribution < 1.29 is 22.7 Å². The van der Waals surface area contributed by atoms with Gasteiger partial charge in [-0.2, -0.15) is 4.31 Å². The fraction of sp³-hybridized carbons (Fsp3) is 0.421. The van der Waals surface area contributed by atoms with Gasteiger partial charge in [0.1, 0.15) is 11.8 Å². The van der Waals surface area contributed by atoms with E-state index in [0.717, 1.165) is 0 Å². The molecule has 1 aliphatic rings. The quantitative estimate of drug-likeness (QED) is 0.660. The lowest BCUT2D eigenvalue weighted by atomic mass is 9.98. The number of anilines is 1. The smallest absolute Gasteiger partial charge is 0.248 e. The third-order valence-corrected chi connectivity index (χ3v) is 7.43. The normalized spacial score (nSPS) is 18.4. The van der Waals surface area contributed by atoms with Crippen molar-refractivity contribution in [2.24, 2.45) is 5.92 Å². The first-order valence-electron chi connectivity index (χ1n) is 9.46. The van der Waals surface area contributed by atoms with Crippen molar-refractivity contribution in [1.29, 1.82) is 0 Å². The number of carbonyl (C=O) groups excluding carboxylic acids is 2. The number of benzene rings is 1. The Morgan fingerprint density at radius 3 is 2.67 bits per heavy atom. The van der Waals surface area contributed by atoms with E-state index < -0.39 is 22.0 Å². The summed E-state index contributed by atoms with van der Waals surface area (Å²) >= 11 is 1.28. The number of methoxy groups -OCH3 is 1. The maximum absolute atomic E-state index is 12.9. The number of sulfonamides is 1. The predicted molar refractivity (Wildman–Crippen MR) is 113 cm³/mol. The molecular weight excluding hydrogens is 428 g/mol. The van der Waals surface area contributed by atoms with Gasteiger partial charge in [0.2, 0.25) is 21.8 Å². The van der Waals surface area contributed by atoms with Crippen molar-refractivity contribution in [3.63, 3.8) is 0 Å². The standard InChI is InChI=1S/C19H24N4O5S2/c1-13(17(24)22-19-20-9-11-29-19)21-18(25)14-4-3-10-23(12-14)30(26,27)16-7-5-15(28-2)6-8-16/h5-9,11,13-14H,3-4,10,12H2,1-2H3,(H,21,25)(H,20,22,24)/t13-,14+/m0/s1. The second-order valence-electron chi connectivity index (χ2n) is 6.93. The first-order valence-corrected chi connectivity index (χ1v) is 11.8. The molecule has 0 radical (unpaired) electrons. The number of nitrogens with zero attached hydrogens (tertiary/aromatic N) is 2. The van der Waals surface area contributed by atoms with E-state index in [-0.39, 0.29) is 23.3 Å². The van der Waals surface area contributed by atoms with E-state index in [1.165, 1.54) is 34.9 Å². The maximum Gasteiger partial charge on any atom is 0.248 e. The van der Waals surface area contributed by atoms with Crippen LogP contribution in [0.2, 0.25) is 0 Å². The Balaban J connectivity index is 1.61. The van der Waals surface area contributed by atoms with Crippen molar-refractivity contribution in [3.05, 3.63) is 35.8 Å². The highest BCUT2D eigenvalue weighted by atomic mass is 32.2. The molecule has 2 aromatic rings. The summed E-state index contributed by atoms with van der Waals surface area (Å²) in [5.41, 5.74) is 0. The molecule has 2 amide bonds. The minimum absolute atomic E-state index is 0.0705. The van der Waals surface area contributed by atoms with E-state index in [0.29, 0.717) is 30.3 Å². The monoisotopic (exact) mass is 452 g/mol. The topological polar surface area (TPSA) is 118 Å². The van der Waals surface area contributed by atoms with E-state index in [1.807, 2.05) is 0 Å². The van der Waals surface area contributed by atoms with E-state index >= 15 is 0 Å². The largest absolute Gasteiger partial charge is 0.497 e. The van der Waals surface area contributed by atoms with Gasteiger partial charge >= 0.3 is 0 Å². The van der Waals surface area contributed by atoms with E-state index in [2.05, 4.69) is 15.6 Å². The molecule has 1 fully saturated rings. The molecule has 2 heterocycles. The average molecular weight is 453 g/mol. The zero-order valence-corrected chi connectivity index (χ0v) is 18.3. The Morgan fingerprint density at radius 1 is 1.30 bits per heavy atom. The Bertz CT molecular complexity index is 977. The number of ether oxygens (including phenoxy) is 1. The molecule has 9 nitrogen and oxygen atoms in total. The molecule has 1 aromatic carbocycles. The molecule has 1 saturated heterocycles. The fourth-order valence-corrected chi connectivity index (χ4v) is 5.22. The highest BCUT2D eigenvalue weighted by Crippen LogP contribution is 2.25. The minimum Gasteiger partial charge on any atom is -0.497 e. The lowest BCUT2D eigenvalue weighted by Crippen LogP contribution is -2.49. The number of carbonyl (C=O) groups is 2. The number of rotatable bonds is 7. The molecule has 162 valence electrons. The third-order valence-electron chi connectivity index (χ3n) is 4.87. The highest BCUT2D eigenvalue weighted by molar-refractivity contribution is 7.89. The molecule has 0 spiro atoms. The minimum atomic E-state index is -3.72. The summed E-state index contributed by atoms with van der Waals surface area (Å²) in [6.07, 6.45) is 2.69. The predicted octanol–water partition coefficient (Wildman–Crippen LogP) is 1.70. The molecule has 11 heteroatoms. The Hall–Kier alpha value is -2.50. The molecule has 2 atom stereocenters. The summed E-state index contributed by atoms with van der Waals surface area (Å²) in [7, 11) is -2.21. The van der Waals surface area contributed by atoms with Crippen LogP contribution in [0.1, 0.15) is 19.8 Å².